The summed E-state index contributed by atoms with van der Waals surface area (Å²) in [5.74, 6) is 0. The van der Waals surface area contributed by atoms with E-state index in [4.69, 9.17) is 0 Å². The van der Waals surface area contributed by atoms with Gasteiger partial charge in [0.25, 0.3) is 10.0 Å². The number of thioether (sulfide) groups is 1. The topological polar surface area (TPSA) is 70.3 Å². The molecule has 0 saturated carbocycles. The van der Waals surface area contributed by atoms with E-state index in [2.05, 4.69) is 10.5 Å². The van der Waals surface area contributed by atoms with E-state index in [1.165, 1.54) is 11.8 Å². The van der Waals surface area contributed by atoms with Crippen molar-refractivity contribution in [2.45, 2.75) is 0 Å². The van der Waals surface area contributed by atoms with Crippen molar-refractivity contribution in [3.63, 3.8) is 0 Å². The summed E-state index contributed by atoms with van der Waals surface area (Å²) in [5, 5.41) is 11.4. The molecule has 0 radical (unpaired) electrons. The molecule has 1 heterocycles. The Morgan fingerprint density at radius 2 is 2.00 bits per heavy atom. The second kappa shape index (κ2) is 5.43. The Hall–Kier alpha value is -1.84. The summed E-state index contributed by atoms with van der Waals surface area (Å²) in [6.07, 6.45) is 2.74. The normalized spacial score (nSPS) is 19.5. The molecule has 0 atom stereocenters. The van der Waals surface area contributed by atoms with Crippen LogP contribution in [0.4, 0.5) is 0 Å². The molecule has 6 heteroatoms. The van der Waals surface area contributed by atoms with E-state index in [-0.39, 0.29) is 0 Å². The lowest BCUT2D eigenvalue weighted by molar-refractivity contribution is 0.604. The highest BCUT2D eigenvalue weighted by Crippen LogP contribution is 2.31. The standard InChI is InChI=1S/C13H10N2O2S2/c1-19(16,17)15-13-11(7-8-18-13)12(9-14)10-5-3-2-4-6-10/h2-8H,1H3/b12-11+,15-13?. The van der Waals surface area contributed by atoms with Crippen molar-refractivity contribution in [2.24, 2.45) is 4.40 Å². The van der Waals surface area contributed by atoms with Crippen LogP contribution in [0.2, 0.25) is 0 Å². The zero-order valence-corrected chi connectivity index (χ0v) is 11.7. The fourth-order valence-electron chi connectivity index (χ4n) is 1.60. The van der Waals surface area contributed by atoms with Gasteiger partial charge in [-0.1, -0.05) is 42.1 Å². The Bertz CT molecular complexity index is 724. The molecule has 2 rings (SSSR count). The minimum absolute atomic E-state index is 0.336. The van der Waals surface area contributed by atoms with Gasteiger partial charge in [-0.25, -0.2) is 8.42 Å². The van der Waals surface area contributed by atoms with Crippen LogP contribution >= 0.6 is 11.8 Å². The van der Waals surface area contributed by atoms with Gasteiger partial charge in [-0.2, -0.15) is 9.66 Å². The van der Waals surface area contributed by atoms with Gasteiger partial charge < -0.3 is 0 Å². The van der Waals surface area contributed by atoms with Crippen molar-refractivity contribution in [3.05, 3.63) is 53.0 Å². The molecule has 0 saturated heterocycles. The van der Waals surface area contributed by atoms with Crippen LogP contribution in [0.5, 0.6) is 0 Å². The minimum atomic E-state index is -3.48. The number of sulfonamides is 1. The van der Waals surface area contributed by atoms with Crippen LogP contribution < -0.4 is 0 Å². The number of nitriles is 1. The van der Waals surface area contributed by atoms with Gasteiger partial charge in [0.05, 0.1) is 11.8 Å². The molecule has 1 aromatic rings. The van der Waals surface area contributed by atoms with E-state index in [9.17, 15) is 13.7 Å². The average molecular weight is 290 g/mol. The average Bonchev–Trinajstić information content (AvgIpc) is 2.78. The van der Waals surface area contributed by atoms with Crippen molar-refractivity contribution in [2.75, 3.05) is 6.26 Å². The third-order valence-electron chi connectivity index (χ3n) is 2.34. The second-order valence-corrected chi connectivity index (χ2v) is 6.36. The summed E-state index contributed by atoms with van der Waals surface area (Å²) in [6.45, 7) is 0. The second-order valence-electron chi connectivity index (χ2n) is 3.82. The van der Waals surface area contributed by atoms with Crippen molar-refractivity contribution in [1.29, 1.82) is 5.26 Å². The fourth-order valence-corrected chi connectivity index (χ4v) is 3.21. The first-order chi connectivity index (χ1) is 9.01. The lowest BCUT2D eigenvalue weighted by atomic mass is 10.0. The molecule has 1 aromatic carbocycles. The zero-order valence-electron chi connectivity index (χ0n) is 10.1. The first-order valence-electron chi connectivity index (χ1n) is 5.34. The molecular weight excluding hydrogens is 280 g/mol. The predicted octanol–water partition coefficient (Wildman–Crippen LogP) is 2.58. The Kier molecular flexibility index (Phi) is 3.88. The number of allylic oxidation sites excluding steroid dienone is 2. The largest absolute Gasteiger partial charge is 0.251 e. The van der Waals surface area contributed by atoms with Gasteiger partial charge >= 0.3 is 0 Å². The number of hydrogen-bond donors (Lipinski definition) is 0. The Morgan fingerprint density at radius 3 is 2.58 bits per heavy atom. The van der Waals surface area contributed by atoms with E-state index in [0.29, 0.717) is 16.2 Å². The number of rotatable bonds is 2. The number of hydrogen-bond acceptors (Lipinski definition) is 4. The van der Waals surface area contributed by atoms with Gasteiger partial charge in [-0.15, -0.1) is 0 Å². The van der Waals surface area contributed by atoms with Gasteiger partial charge in [0.2, 0.25) is 0 Å². The van der Waals surface area contributed by atoms with Crippen LogP contribution in [0.15, 0.2) is 51.8 Å². The minimum Gasteiger partial charge on any atom is -0.205 e. The molecular formula is C13H10N2O2S2. The number of benzene rings is 1. The summed E-state index contributed by atoms with van der Waals surface area (Å²) in [4.78, 5) is 0. The first-order valence-corrected chi connectivity index (χ1v) is 8.07. The third kappa shape index (κ3) is 3.34. The quantitative estimate of drug-likeness (QED) is 0.785. The van der Waals surface area contributed by atoms with Crippen LogP contribution in [-0.4, -0.2) is 19.7 Å². The SMILES string of the molecule is CS(=O)(=O)N=C1SC=C/C1=C(/C#N)c1ccccc1. The number of nitrogens with zero attached hydrogens (tertiary/aromatic N) is 2. The van der Waals surface area contributed by atoms with Crippen molar-refractivity contribution in [1.82, 2.24) is 0 Å². The molecule has 1 aliphatic rings. The molecule has 19 heavy (non-hydrogen) atoms. The summed E-state index contributed by atoms with van der Waals surface area (Å²) in [5.41, 5.74) is 1.71. The van der Waals surface area contributed by atoms with E-state index in [0.717, 1.165) is 11.8 Å². The molecule has 0 spiro atoms. The lowest BCUT2D eigenvalue weighted by Gasteiger charge is -2.03. The summed E-state index contributed by atoms with van der Waals surface area (Å²) < 4.78 is 26.2. The van der Waals surface area contributed by atoms with Gasteiger partial charge in [0, 0.05) is 5.57 Å². The highest BCUT2D eigenvalue weighted by atomic mass is 32.2. The molecule has 0 fully saturated rings. The lowest BCUT2D eigenvalue weighted by Crippen LogP contribution is -2.00. The van der Waals surface area contributed by atoms with Crippen molar-refractivity contribution < 1.29 is 8.42 Å². The molecule has 0 aliphatic carbocycles. The highest BCUT2D eigenvalue weighted by molar-refractivity contribution is 8.18. The van der Waals surface area contributed by atoms with Gasteiger partial charge in [0.15, 0.2) is 0 Å². The van der Waals surface area contributed by atoms with Gasteiger partial charge in [-0.05, 0) is 17.0 Å². The zero-order chi connectivity index (χ0) is 13.9. The van der Waals surface area contributed by atoms with Crippen molar-refractivity contribution in [3.8, 4) is 6.07 Å². The van der Waals surface area contributed by atoms with Crippen LogP contribution in [0.1, 0.15) is 5.56 Å². The molecule has 0 amide bonds. The van der Waals surface area contributed by atoms with E-state index < -0.39 is 10.0 Å². The molecule has 4 nitrogen and oxygen atoms in total. The summed E-state index contributed by atoms with van der Waals surface area (Å²) in [7, 11) is -3.48. The summed E-state index contributed by atoms with van der Waals surface area (Å²) >= 11 is 1.20. The van der Waals surface area contributed by atoms with Crippen molar-refractivity contribution >= 4 is 32.4 Å². The predicted molar refractivity (Wildman–Crippen MR) is 78.0 cm³/mol. The fraction of sp³-hybridized carbons (Fsp3) is 0.0769. The Balaban J connectivity index is 2.59. The monoisotopic (exact) mass is 290 g/mol. The molecule has 1 aliphatic heterocycles. The van der Waals surface area contributed by atoms with E-state index in [1.54, 1.807) is 23.6 Å². The molecule has 0 aromatic heterocycles. The van der Waals surface area contributed by atoms with Gasteiger partial charge in [-0.3, -0.25) is 0 Å². The summed E-state index contributed by atoms with van der Waals surface area (Å²) in [6, 6.07) is 11.2. The van der Waals surface area contributed by atoms with Gasteiger partial charge in [0.1, 0.15) is 11.1 Å². The van der Waals surface area contributed by atoms with E-state index >= 15 is 0 Å². The molecule has 96 valence electrons. The first kappa shape index (κ1) is 13.6. The van der Waals surface area contributed by atoms with E-state index in [1.807, 2.05) is 18.2 Å². The molecule has 0 bridgehead atoms. The Labute approximate surface area is 116 Å². The van der Waals surface area contributed by atoms with Crippen LogP contribution in [0.25, 0.3) is 5.57 Å². The smallest absolute Gasteiger partial charge is 0.205 e. The Morgan fingerprint density at radius 1 is 1.32 bits per heavy atom. The molecule has 0 unspecified atom stereocenters. The maximum absolute atomic E-state index is 11.2. The highest BCUT2D eigenvalue weighted by Gasteiger charge is 2.18. The maximum Gasteiger partial charge on any atom is 0.251 e. The maximum atomic E-state index is 11.2. The molecule has 0 N–H and O–H groups in total. The third-order valence-corrected chi connectivity index (χ3v) is 3.77. The van der Waals surface area contributed by atoms with Crippen LogP contribution in [0.3, 0.4) is 0 Å². The van der Waals surface area contributed by atoms with Crippen LogP contribution in [-0.2, 0) is 10.0 Å². The van der Waals surface area contributed by atoms with Crippen LogP contribution in [0, 0.1) is 11.3 Å².